The van der Waals surface area contributed by atoms with Crippen LogP contribution < -0.4 is 0 Å². The number of alkyl halides is 2. The Morgan fingerprint density at radius 2 is 1.11 bits per heavy atom. The molecule has 0 radical (unpaired) electrons. The molecule has 0 N–H and O–H groups in total. The van der Waals surface area contributed by atoms with Crippen molar-refractivity contribution < 1.29 is 8.85 Å². The van der Waals surface area contributed by atoms with Gasteiger partial charge >= 0.3 is 8.56 Å². The van der Waals surface area contributed by atoms with Crippen molar-refractivity contribution in [3.8, 4) is 0 Å². The third-order valence-electron chi connectivity index (χ3n) is 4.11. The first kappa shape index (κ1) is 17.0. The van der Waals surface area contributed by atoms with Crippen LogP contribution in [0.25, 0.3) is 0 Å². The lowest BCUT2D eigenvalue weighted by Crippen LogP contribution is -2.47. The van der Waals surface area contributed by atoms with E-state index in [4.69, 9.17) is 8.85 Å². The minimum atomic E-state index is -1.97. The van der Waals surface area contributed by atoms with Gasteiger partial charge in [0.25, 0.3) is 0 Å². The van der Waals surface area contributed by atoms with Crippen LogP contribution >= 0.6 is 45.2 Å². The molecule has 112 valence electrons. The van der Waals surface area contributed by atoms with Crippen LogP contribution in [0.5, 0.6) is 0 Å². The quantitative estimate of drug-likeness (QED) is 0.295. The lowest BCUT2D eigenvalue weighted by Gasteiger charge is -2.38. The van der Waals surface area contributed by atoms with Crippen molar-refractivity contribution in [1.82, 2.24) is 0 Å². The molecule has 2 fully saturated rings. The van der Waals surface area contributed by atoms with Crippen molar-refractivity contribution in [2.75, 3.05) is 0 Å². The number of hydrogen-bond donors (Lipinski definition) is 0. The molecule has 2 aliphatic carbocycles. The summed E-state index contributed by atoms with van der Waals surface area (Å²) in [6, 6.07) is 0. The molecule has 2 saturated carbocycles. The summed E-state index contributed by atoms with van der Waals surface area (Å²) in [5.74, 6) is 0. The Balaban J connectivity index is 1.86. The van der Waals surface area contributed by atoms with E-state index in [-0.39, 0.29) is 0 Å². The number of rotatable bonds is 4. The molecular weight excluding hydrogens is 482 g/mol. The van der Waals surface area contributed by atoms with E-state index in [1.54, 1.807) is 0 Å². The van der Waals surface area contributed by atoms with Crippen molar-refractivity contribution in [3.63, 3.8) is 0 Å². The molecule has 2 nitrogen and oxygen atoms in total. The zero-order valence-electron chi connectivity index (χ0n) is 12.0. The largest absolute Gasteiger partial charge is 0.390 e. The van der Waals surface area contributed by atoms with E-state index in [0.29, 0.717) is 20.1 Å². The molecule has 0 aromatic rings. The van der Waals surface area contributed by atoms with Crippen molar-refractivity contribution >= 4 is 53.7 Å². The van der Waals surface area contributed by atoms with E-state index in [1.165, 1.54) is 51.4 Å². The SMILES string of the molecule is C[Si](C)(O[C@H]1CCCC[C@@H]1I)O[C@H]1CCCC[C@@H]1I. The van der Waals surface area contributed by atoms with Crippen LogP contribution in [0.4, 0.5) is 0 Å². The first-order valence-electron chi connectivity index (χ1n) is 7.62. The van der Waals surface area contributed by atoms with Gasteiger partial charge in [0.2, 0.25) is 0 Å². The van der Waals surface area contributed by atoms with Crippen LogP contribution in [0.1, 0.15) is 51.4 Å². The minimum absolute atomic E-state index is 0.437. The van der Waals surface area contributed by atoms with Gasteiger partial charge in [-0.15, -0.1) is 0 Å². The van der Waals surface area contributed by atoms with E-state index in [9.17, 15) is 0 Å². The second kappa shape index (κ2) is 7.74. The molecule has 5 heteroatoms. The van der Waals surface area contributed by atoms with E-state index in [2.05, 4.69) is 58.3 Å². The highest BCUT2D eigenvalue weighted by Gasteiger charge is 2.37. The second-order valence-electron chi connectivity index (χ2n) is 6.31. The molecular formula is C14H26I2O2Si. The Morgan fingerprint density at radius 3 is 1.47 bits per heavy atom. The predicted molar refractivity (Wildman–Crippen MR) is 99.8 cm³/mol. The summed E-state index contributed by atoms with van der Waals surface area (Å²) in [5.41, 5.74) is 0. The molecule has 0 saturated heterocycles. The van der Waals surface area contributed by atoms with Crippen LogP contribution in [0.3, 0.4) is 0 Å². The van der Waals surface area contributed by atoms with Gasteiger partial charge in [0.15, 0.2) is 0 Å². The van der Waals surface area contributed by atoms with E-state index >= 15 is 0 Å². The minimum Gasteiger partial charge on any atom is -0.390 e. The van der Waals surface area contributed by atoms with Crippen molar-refractivity contribution in [3.05, 3.63) is 0 Å². The van der Waals surface area contributed by atoms with Crippen LogP contribution in [-0.2, 0) is 8.85 Å². The first-order valence-corrected chi connectivity index (χ1v) is 12.9. The molecule has 4 atom stereocenters. The molecule has 0 heterocycles. The maximum Gasteiger partial charge on any atom is 0.332 e. The number of halogens is 2. The van der Waals surface area contributed by atoms with Gasteiger partial charge in [-0.2, -0.15) is 0 Å². The third-order valence-corrected chi connectivity index (χ3v) is 8.70. The zero-order valence-corrected chi connectivity index (χ0v) is 17.4. The third kappa shape index (κ3) is 5.38. The zero-order chi connectivity index (χ0) is 13.9. The maximum absolute atomic E-state index is 6.45. The second-order valence-corrected chi connectivity index (χ2v) is 12.8. The fourth-order valence-electron chi connectivity index (χ4n) is 3.13. The fraction of sp³-hybridized carbons (Fsp3) is 1.00. The summed E-state index contributed by atoms with van der Waals surface area (Å²) in [6.45, 7) is 4.48. The Morgan fingerprint density at radius 1 is 0.737 bits per heavy atom. The summed E-state index contributed by atoms with van der Waals surface area (Å²) < 4.78 is 14.3. The molecule has 0 bridgehead atoms. The van der Waals surface area contributed by atoms with Gasteiger partial charge in [0.05, 0.1) is 12.2 Å². The highest BCUT2D eigenvalue weighted by molar-refractivity contribution is 14.1. The molecule has 19 heavy (non-hydrogen) atoms. The Kier molecular flexibility index (Phi) is 6.91. The molecule has 2 aliphatic rings. The molecule has 0 amide bonds. The first-order chi connectivity index (χ1) is 8.98. The molecule has 2 rings (SSSR count). The topological polar surface area (TPSA) is 18.5 Å². The molecule has 0 aromatic carbocycles. The Hall–Kier alpha value is 1.60. The van der Waals surface area contributed by atoms with E-state index in [1.807, 2.05) is 0 Å². The Labute approximate surface area is 146 Å². The highest BCUT2D eigenvalue weighted by Crippen LogP contribution is 2.33. The lowest BCUT2D eigenvalue weighted by molar-refractivity contribution is 0.0627. The smallest absolute Gasteiger partial charge is 0.332 e. The highest BCUT2D eigenvalue weighted by atomic mass is 127. The van der Waals surface area contributed by atoms with Gasteiger partial charge in [-0.25, -0.2) is 0 Å². The monoisotopic (exact) mass is 508 g/mol. The summed E-state index contributed by atoms with van der Waals surface area (Å²) in [7, 11) is -1.97. The molecule has 0 spiro atoms. The summed E-state index contributed by atoms with van der Waals surface area (Å²) in [5, 5.41) is 0. The predicted octanol–water partition coefficient (Wildman–Crippen LogP) is 5.21. The van der Waals surface area contributed by atoms with Crippen LogP contribution in [0.2, 0.25) is 13.1 Å². The van der Waals surface area contributed by atoms with Crippen LogP contribution in [0, 0.1) is 0 Å². The van der Waals surface area contributed by atoms with Gasteiger partial charge in [-0.1, -0.05) is 70.9 Å². The van der Waals surface area contributed by atoms with Gasteiger partial charge in [0, 0.05) is 7.85 Å². The molecule has 0 aliphatic heterocycles. The van der Waals surface area contributed by atoms with Crippen molar-refractivity contribution in [1.29, 1.82) is 0 Å². The van der Waals surface area contributed by atoms with E-state index < -0.39 is 8.56 Å². The molecule has 0 aromatic heterocycles. The fourth-order valence-corrected chi connectivity index (χ4v) is 7.65. The summed E-state index contributed by atoms with van der Waals surface area (Å²) in [4.78, 5) is 0. The normalized spacial score (nSPS) is 37.3. The standard InChI is InChI=1S/C14H26I2O2Si/c1-19(2,17-13-9-5-3-7-11(13)15)18-14-10-6-4-8-12(14)16/h11-14H,3-10H2,1-2H3/t11-,12-,13-,14-/m0/s1. The van der Waals surface area contributed by atoms with Crippen molar-refractivity contribution in [2.24, 2.45) is 0 Å². The van der Waals surface area contributed by atoms with Crippen molar-refractivity contribution in [2.45, 2.75) is 84.5 Å². The van der Waals surface area contributed by atoms with Crippen LogP contribution in [-0.4, -0.2) is 28.6 Å². The molecule has 0 unspecified atom stereocenters. The van der Waals surface area contributed by atoms with Gasteiger partial charge < -0.3 is 8.85 Å². The van der Waals surface area contributed by atoms with Crippen LogP contribution in [0.15, 0.2) is 0 Å². The van der Waals surface area contributed by atoms with Gasteiger partial charge in [-0.3, -0.25) is 0 Å². The number of hydrogen-bond acceptors (Lipinski definition) is 2. The average molecular weight is 508 g/mol. The maximum atomic E-state index is 6.45. The lowest BCUT2D eigenvalue weighted by atomic mass is 9.98. The summed E-state index contributed by atoms with van der Waals surface area (Å²) >= 11 is 5.15. The van der Waals surface area contributed by atoms with Gasteiger partial charge in [-0.05, 0) is 38.8 Å². The van der Waals surface area contributed by atoms with Gasteiger partial charge in [0.1, 0.15) is 0 Å². The van der Waals surface area contributed by atoms with E-state index in [0.717, 1.165) is 0 Å². The average Bonchev–Trinajstić information content (AvgIpc) is 2.35. The Bertz CT molecular complexity index is 263. The summed E-state index contributed by atoms with van der Waals surface area (Å²) in [6.07, 6.45) is 11.3.